The summed E-state index contributed by atoms with van der Waals surface area (Å²) in [6.07, 6.45) is 1.25. The summed E-state index contributed by atoms with van der Waals surface area (Å²) in [5, 5.41) is 8.83. The molecule has 0 aliphatic rings. The molecule has 0 bridgehead atoms. The van der Waals surface area contributed by atoms with Crippen molar-refractivity contribution in [1.82, 2.24) is 0 Å². The minimum absolute atomic E-state index is 0.0974. The van der Waals surface area contributed by atoms with Crippen LogP contribution in [-0.2, 0) is 4.74 Å². The number of halogens is 1. The fraction of sp³-hybridized carbons (Fsp3) is 0.364. The zero-order chi connectivity index (χ0) is 12.0. The molecule has 0 amide bonds. The van der Waals surface area contributed by atoms with Crippen LogP contribution in [0.2, 0.25) is 5.02 Å². The molecule has 0 aromatic heterocycles. The molecule has 1 rings (SSSR count). The van der Waals surface area contributed by atoms with Crippen molar-refractivity contribution >= 4 is 23.3 Å². The third-order valence-electron chi connectivity index (χ3n) is 2.00. The van der Waals surface area contributed by atoms with Crippen molar-refractivity contribution in [1.29, 1.82) is 0 Å². The van der Waals surface area contributed by atoms with E-state index in [1.807, 2.05) is 0 Å². The lowest BCUT2D eigenvalue weighted by atomic mass is 10.2. The van der Waals surface area contributed by atoms with Gasteiger partial charge in [-0.15, -0.1) is 0 Å². The van der Waals surface area contributed by atoms with Gasteiger partial charge in [0.25, 0.3) is 0 Å². The Morgan fingerprint density at radius 1 is 1.44 bits per heavy atom. The molecule has 16 heavy (non-hydrogen) atoms. The van der Waals surface area contributed by atoms with Crippen molar-refractivity contribution in [3.63, 3.8) is 0 Å². The van der Waals surface area contributed by atoms with Gasteiger partial charge in [0, 0.05) is 12.3 Å². The average Bonchev–Trinajstić information content (AvgIpc) is 2.24. The summed E-state index contributed by atoms with van der Waals surface area (Å²) in [5.41, 5.74) is 6.31. The first-order valence-electron chi connectivity index (χ1n) is 4.98. The van der Waals surface area contributed by atoms with E-state index in [0.717, 1.165) is 0 Å². The van der Waals surface area contributed by atoms with Crippen LogP contribution in [0.25, 0.3) is 0 Å². The Labute approximate surface area is 99.0 Å². The maximum atomic E-state index is 11.5. The molecule has 0 heterocycles. The van der Waals surface area contributed by atoms with Crippen LogP contribution in [0.1, 0.15) is 23.2 Å². The van der Waals surface area contributed by atoms with Crippen molar-refractivity contribution in [2.24, 2.45) is 0 Å². The molecular weight excluding hydrogens is 230 g/mol. The molecule has 88 valence electrons. The number of rotatable bonds is 5. The number of carbonyl (C=O) groups is 1. The maximum absolute atomic E-state index is 11.5. The second-order valence-electron chi connectivity index (χ2n) is 3.31. The molecule has 1 aromatic rings. The van der Waals surface area contributed by atoms with E-state index in [-0.39, 0.29) is 18.2 Å². The number of carbonyl (C=O) groups excluding carboxylic acids is 1. The minimum Gasteiger partial charge on any atom is -0.462 e. The average molecular weight is 244 g/mol. The van der Waals surface area contributed by atoms with Crippen LogP contribution in [-0.4, -0.2) is 24.3 Å². The Kier molecular flexibility index (Phi) is 5.08. The number of aliphatic hydroxyl groups excluding tert-OH is 1. The second kappa shape index (κ2) is 6.35. The van der Waals surface area contributed by atoms with Gasteiger partial charge in [-0.2, -0.15) is 0 Å². The monoisotopic (exact) mass is 243 g/mol. The van der Waals surface area contributed by atoms with Crippen molar-refractivity contribution in [3.05, 3.63) is 28.8 Å². The largest absolute Gasteiger partial charge is 0.462 e. The predicted molar refractivity (Wildman–Crippen MR) is 62.5 cm³/mol. The molecule has 0 atom stereocenters. The Balaban J connectivity index is 2.53. The zero-order valence-corrected chi connectivity index (χ0v) is 9.54. The fourth-order valence-electron chi connectivity index (χ4n) is 1.15. The molecule has 0 aliphatic carbocycles. The molecule has 0 radical (unpaired) electrons. The van der Waals surface area contributed by atoms with Crippen LogP contribution in [0.5, 0.6) is 0 Å². The lowest BCUT2D eigenvalue weighted by Crippen LogP contribution is -2.07. The number of benzene rings is 1. The third kappa shape index (κ3) is 3.72. The Hall–Kier alpha value is -1.26. The highest BCUT2D eigenvalue weighted by molar-refractivity contribution is 6.33. The van der Waals surface area contributed by atoms with Crippen LogP contribution in [0.3, 0.4) is 0 Å². The highest BCUT2D eigenvalue weighted by Gasteiger charge is 2.11. The number of nitrogen functional groups attached to an aromatic ring is 1. The first-order chi connectivity index (χ1) is 7.65. The summed E-state index contributed by atoms with van der Waals surface area (Å²) in [6.45, 7) is 0.375. The van der Waals surface area contributed by atoms with E-state index in [0.29, 0.717) is 24.1 Å². The number of unbranched alkanes of at least 4 members (excludes halogenated alkanes) is 1. The summed E-state index contributed by atoms with van der Waals surface area (Å²) in [6, 6.07) is 4.63. The van der Waals surface area contributed by atoms with Gasteiger partial charge in [0.15, 0.2) is 0 Å². The van der Waals surface area contributed by atoms with E-state index in [4.69, 9.17) is 27.2 Å². The third-order valence-corrected chi connectivity index (χ3v) is 2.31. The van der Waals surface area contributed by atoms with Gasteiger partial charge in [-0.25, -0.2) is 4.79 Å². The molecule has 3 N–H and O–H groups in total. The second-order valence-corrected chi connectivity index (χ2v) is 3.71. The van der Waals surface area contributed by atoms with E-state index in [9.17, 15) is 4.79 Å². The predicted octanol–water partition coefficient (Wildman–Crippen LogP) is 1.85. The molecule has 5 heteroatoms. The van der Waals surface area contributed by atoms with Crippen LogP contribution in [0, 0.1) is 0 Å². The number of hydrogen-bond donors (Lipinski definition) is 2. The van der Waals surface area contributed by atoms with Gasteiger partial charge >= 0.3 is 5.97 Å². The number of aliphatic hydroxyl groups is 1. The van der Waals surface area contributed by atoms with Crippen LogP contribution in [0.4, 0.5) is 5.69 Å². The van der Waals surface area contributed by atoms with E-state index in [1.54, 1.807) is 6.07 Å². The van der Waals surface area contributed by atoms with Gasteiger partial charge in [0.1, 0.15) is 0 Å². The highest BCUT2D eigenvalue weighted by Crippen LogP contribution is 2.19. The van der Waals surface area contributed by atoms with E-state index < -0.39 is 5.97 Å². The normalized spacial score (nSPS) is 10.1. The standard InChI is InChI=1S/C11H14ClNO3/c12-10-7-8(13)3-4-9(10)11(15)16-6-2-1-5-14/h3-4,7,14H,1-2,5-6,13H2. The van der Waals surface area contributed by atoms with Crippen LogP contribution in [0.15, 0.2) is 18.2 Å². The van der Waals surface area contributed by atoms with Gasteiger partial charge in [0.2, 0.25) is 0 Å². The van der Waals surface area contributed by atoms with Crippen molar-refractivity contribution < 1.29 is 14.6 Å². The lowest BCUT2D eigenvalue weighted by Gasteiger charge is -2.06. The molecule has 0 unspecified atom stereocenters. The van der Waals surface area contributed by atoms with Crippen LogP contribution < -0.4 is 5.73 Å². The summed E-state index contributed by atoms with van der Waals surface area (Å²) in [4.78, 5) is 11.5. The van der Waals surface area contributed by atoms with Gasteiger partial charge in [0.05, 0.1) is 17.2 Å². The highest BCUT2D eigenvalue weighted by atomic mass is 35.5. The van der Waals surface area contributed by atoms with Crippen molar-refractivity contribution in [2.75, 3.05) is 18.9 Å². The fourth-order valence-corrected chi connectivity index (χ4v) is 1.42. The van der Waals surface area contributed by atoms with Gasteiger partial charge < -0.3 is 15.6 Å². The number of hydrogen-bond acceptors (Lipinski definition) is 4. The molecule has 0 saturated heterocycles. The molecular formula is C11H14ClNO3. The first kappa shape index (κ1) is 12.8. The van der Waals surface area contributed by atoms with Crippen LogP contribution >= 0.6 is 11.6 Å². The summed E-state index contributed by atoms with van der Waals surface area (Å²) >= 11 is 5.84. The lowest BCUT2D eigenvalue weighted by molar-refractivity contribution is 0.0493. The van der Waals surface area contributed by atoms with Gasteiger partial charge in [-0.05, 0) is 31.0 Å². The molecule has 1 aromatic carbocycles. The minimum atomic E-state index is -0.470. The van der Waals surface area contributed by atoms with E-state index >= 15 is 0 Å². The number of nitrogens with two attached hydrogens (primary N) is 1. The topological polar surface area (TPSA) is 72.6 Å². The summed E-state index contributed by atoms with van der Waals surface area (Å²) in [7, 11) is 0. The van der Waals surface area contributed by atoms with Gasteiger partial charge in [-0.3, -0.25) is 0 Å². The van der Waals surface area contributed by atoms with E-state index in [1.165, 1.54) is 12.1 Å². The maximum Gasteiger partial charge on any atom is 0.339 e. The van der Waals surface area contributed by atoms with Crippen molar-refractivity contribution in [2.45, 2.75) is 12.8 Å². The Morgan fingerprint density at radius 3 is 2.81 bits per heavy atom. The Morgan fingerprint density at radius 2 is 2.19 bits per heavy atom. The number of ether oxygens (including phenoxy) is 1. The molecule has 0 aliphatic heterocycles. The number of anilines is 1. The van der Waals surface area contributed by atoms with Crippen molar-refractivity contribution in [3.8, 4) is 0 Å². The first-order valence-corrected chi connectivity index (χ1v) is 5.36. The number of esters is 1. The van der Waals surface area contributed by atoms with E-state index in [2.05, 4.69) is 0 Å². The molecule has 4 nitrogen and oxygen atoms in total. The Bertz CT molecular complexity index is 368. The molecule has 0 spiro atoms. The smallest absolute Gasteiger partial charge is 0.339 e. The molecule has 0 fully saturated rings. The summed E-state index contributed by atoms with van der Waals surface area (Å²) in [5.74, 6) is -0.470. The molecule has 0 saturated carbocycles. The van der Waals surface area contributed by atoms with Gasteiger partial charge in [-0.1, -0.05) is 11.6 Å². The zero-order valence-electron chi connectivity index (χ0n) is 8.78. The summed E-state index contributed by atoms with van der Waals surface area (Å²) < 4.78 is 4.98. The SMILES string of the molecule is Nc1ccc(C(=O)OCCCCO)c(Cl)c1. The quantitative estimate of drug-likeness (QED) is 0.470.